The average Bonchev–Trinajstić information content (AvgIpc) is 3.00. The molecule has 152 valence electrons. The number of hydrogen-bond acceptors (Lipinski definition) is 5. The van der Waals surface area contributed by atoms with Crippen LogP contribution in [-0.2, 0) is 19.1 Å². The van der Waals surface area contributed by atoms with Crippen molar-refractivity contribution in [2.75, 3.05) is 26.7 Å². The molecule has 0 unspecified atom stereocenters. The zero-order valence-corrected chi connectivity index (χ0v) is 16.9. The summed E-state index contributed by atoms with van der Waals surface area (Å²) in [7, 11) is 1.28. The number of rotatable bonds is 8. The second-order valence-corrected chi connectivity index (χ2v) is 7.60. The monoisotopic (exact) mass is 380 g/mol. The van der Waals surface area contributed by atoms with Gasteiger partial charge in [0.2, 0.25) is 5.91 Å². The third-order valence-corrected chi connectivity index (χ3v) is 4.34. The lowest BCUT2D eigenvalue weighted by atomic mass is 9.95. The standard InChI is InChI=1S/C20H32N2O5/c1-7-9-12-21(14-16(23)26-6)18(24)17-15(10-8-2)11-13-22(17)19(25)27-20(3,4)5/h7-8,15,17H,1-2,9-14H2,3-6H3/t15-,17-/m0/s1. The van der Waals surface area contributed by atoms with Crippen molar-refractivity contribution >= 4 is 18.0 Å². The molecule has 1 aliphatic rings. The molecule has 0 aromatic heterocycles. The molecule has 0 saturated carbocycles. The lowest BCUT2D eigenvalue weighted by molar-refractivity contribution is -0.149. The van der Waals surface area contributed by atoms with E-state index in [2.05, 4.69) is 13.2 Å². The first-order chi connectivity index (χ1) is 12.6. The number of carbonyl (C=O) groups excluding carboxylic acids is 3. The van der Waals surface area contributed by atoms with E-state index < -0.39 is 23.7 Å². The molecule has 1 rings (SSSR count). The van der Waals surface area contributed by atoms with Gasteiger partial charge in [0.25, 0.3) is 0 Å². The molecule has 27 heavy (non-hydrogen) atoms. The Morgan fingerprint density at radius 1 is 1.22 bits per heavy atom. The summed E-state index contributed by atoms with van der Waals surface area (Å²) in [5.41, 5.74) is -0.657. The van der Waals surface area contributed by atoms with E-state index in [9.17, 15) is 14.4 Å². The van der Waals surface area contributed by atoms with Gasteiger partial charge < -0.3 is 14.4 Å². The summed E-state index contributed by atoms with van der Waals surface area (Å²) < 4.78 is 10.2. The van der Waals surface area contributed by atoms with Crippen LogP contribution in [-0.4, -0.2) is 66.2 Å². The maximum atomic E-state index is 13.3. The molecule has 1 aliphatic heterocycles. The predicted octanol–water partition coefficient (Wildman–Crippen LogP) is 2.77. The van der Waals surface area contributed by atoms with E-state index >= 15 is 0 Å². The number of allylic oxidation sites excluding steroid dienone is 1. The summed E-state index contributed by atoms with van der Waals surface area (Å²) in [5.74, 6) is -0.849. The van der Waals surface area contributed by atoms with Crippen molar-refractivity contribution in [1.82, 2.24) is 9.80 Å². The summed E-state index contributed by atoms with van der Waals surface area (Å²) in [4.78, 5) is 40.6. The molecular formula is C20H32N2O5. The topological polar surface area (TPSA) is 76.2 Å². The first-order valence-corrected chi connectivity index (χ1v) is 9.21. The Labute approximate surface area is 162 Å². The van der Waals surface area contributed by atoms with Crippen LogP contribution in [0.25, 0.3) is 0 Å². The van der Waals surface area contributed by atoms with Crippen LogP contribution in [0.5, 0.6) is 0 Å². The lowest BCUT2D eigenvalue weighted by Gasteiger charge is -2.33. The van der Waals surface area contributed by atoms with E-state index in [0.717, 1.165) is 0 Å². The van der Waals surface area contributed by atoms with Crippen molar-refractivity contribution in [3.63, 3.8) is 0 Å². The molecular weight excluding hydrogens is 348 g/mol. The van der Waals surface area contributed by atoms with E-state index in [1.165, 1.54) is 16.9 Å². The van der Waals surface area contributed by atoms with Crippen molar-refractivity contribution in [2.24, 2.45) is 5.92 Å². The van der Waals surface area contributed by atoms with Crippen molar-refractivity contribution in [1.29, 1.82) is 0 Å². The summed E-state index contributed by atoms with van der Waals surface area (Å²) in [6.45, 7) is 13.4. The molecule has 2 amide bonds. The largest absolute Gasteiger partial charge is 0.468 e. The lowest BCUT2D eigenvalue weighted by Crippen LogP contribution is -2.52. The minimum Gasteiger partial charge on any atom is -0.468 e. The molecule has 7 nitrogen and oxygen atoms in total. The number of esters is 1. The molecule has 0 bridgehead atoms. The van der Waals surface area contributed by atoms with E-state index in [4.69, 9.17) is 9.47 Å². The molecule has 0 aliphatic carbocycles. The Morgan fingerprint density at radius 3 is 2.41 bits per heavy atom. The fourth-order valence-corrected chi connectivity index (χ4v) is 3.10. The second kappa shape index (κ2) is 10.1. The summed E-state index contributed by atoms with van der Waals surface area (Å²) in [6, 6.07) is -0.688. The van der Waals surface area contributed by atoms with Crippen LogP contribution in [0.3, 0.4) is 0 Å². The highest BCUT2D eigenvalue weighted by atomic mass is 16.6. The minimum absolute atomic E-state index is 0.0635. The number of amides is 2. The molecule has 0 aromatic carbocycles. The first-order valence-electron chi connectivity index (χ1n) is 9.21. The average molecular weight is 380 g/mol. The Bertz CT molecular complexity index is 567. The van der Waals surface area contributed by atoms with Crippen LogP contribution in [0.2, 0.25) is 0 Å². The van der Waals surface area contributed by atoms with Crippen LogP contribution in [0.4, 0.5) is 4.79 Å². The van der Waals surface area contributed by atoms with Crippen molar-refractivity contribution < 1.29 is 23.9 Å². The zero-order valence-electron chi connectivity index (χ0n) is 16.9. The van der Waals surface area contributed by atoms with Crippen LogP contribution in [0.15, 0.2) is 25.3 Å². The second-order valence-electron chi connectivity index (χ2n) is 7.60. The van der Waals surface area contributed by atoms with E-state index in [-0.39, 0.29) is 18.4 Å². The van der Waals surface area contributed by atoms with Gasteiger partial charge in [-0.1, -0.05) is 12.2 Å². The SMILES string of the molecule is C=CCCN(CC(=O)OC)C(=O)[C@@H]1[C@@H](CC=C)CCN1C(=O)OC(C)(C)C. The molecule has 0 aromatic rings. The first kappa shape index (κ1) is 22.7. The van der Waals surface area contributed by atoms with Gasteiger partial charge in [-0.25, -0.2) is 4.79 Å². The number of methoxy groups -OCH3 is 1. The third kappa shape index (κ3) is 6.73. The maximum Gasteiger partial charge on any atom is 0.410 e. The Hall–Kier alpha value is -2.31. The summed E-state index contributed by atoms with van der Waals surface area (Å²) in [5, 5.41) is 0. The highest BCUT2D eigenvalue weighted by molar-refractivity contribution is 5.89. The van der Waals surface area contributed by atoms with E-state index in [1.807, 2.05) is 0 Å². The fourth-order valence-electron chi connectivity index (χ4n) is 3.10. The number of ether oxygens (including phenoxy) is 2. The van der Waals surface area contributed by atoms with Gasteiger partial charge in [-0.3, -0.25) is 14.5 Å². The van der Waals surface area contributed by atoms with E-state index in [0.29, 0.717) is 32.4 Å². The number of nitrogens with zero attached hydrogens (tertiary/aromatic N) is 2. The smallest absolute Gasteiger partial charge is 0.410 e. The Kier molecular flexibility index (Phi) is 8.53. The van der Waals surface area contributed by atoms with Crippen molar-refractivity contribution in [2.45, 2.75) is 51.7 Å². The minimum atomic E-state index is -0.688. The van der Waals surface area contributed by atoms with Gasteiger partial charge in [-0.05, 0) is 46.0 Å². The highest BCUT2D eigenvalue weighted by Crippen LogP contribution is 2.30. The van der Waals surface area contributed by atoms with Crippen LogP contribution < -0.4 is 0 Å². The number of hydrogen-bond donors (Lipinski definition) is 0. The van der Waals surface area contributed by atoms with Crippen LogP contribution in [0, 0.1) is 5.92 Å². The van der Waals surface area contributed by atoms with Gasteiger partial charge in [-0.2, -0.15) is 0 Å². The van der Waals surface area contributed by atoms with Crippen LogP contribution in [0.1, 0.15) is 40.0 Å². The molecule has 1 saturated heterocycles. The molecule has 2 atom stereocenters. The summed E-state index contributed by atoms with van der Waals surface area (Å²) in [6.07, 6.45) is 4.72. The van der Waals surface area contributed by atoms with Crippen molar-refractivity contribution in [3.05, 3.63) is 25.3 Å². The maximum absolute atomic E-state index is 13.3. The van der Waals surface area contributed by atoms with Crippen molar-refractivity contribution in [3.8, 4) is 0 Å². The predicted molar refractivity (Wildman–Crippen MR) is 103 cm³/mol. The van der Waals surface area contributed by atoms with E-state index in [1.54, 1.807) is 32.9 Å². The van der Waals surface area contributed by atoms with Gasteiger partial charge in [0.05, 0.1) is 7.11 Å². The fraction of sp³-hybridized carbons (Fsp3) is 0.650. The number of likely N-dealkylation sites (tertiary alicyclic amines) is 1. The summed E-state index contributed by atoms with van der Waals surface area (Å²) >= 11 is 0. The molecule has 1 fully saturated rings. The molecule has 0 spiro atoms. The normalized spacial score (nSPS) is 19.3. The quantitative estimate of drug-likeness (QED) is 0.478. The molecule has 0 radical (unpaired) electrons. The van der Waals surface area contributed by atoms with Gasteiger partial charge in [0, 0.05) is 13.1 Å². The Balaban J connectivity index is 3.09. The molecule has 1 heterocycles. The Morgan fingerprint density at radius 2 is 1.89 bits per heavy atom. The van der Waals surface area contributed by atoms with Gasteiger partial charge in [0.15, 0.2) is 0 Å². The van der Waals surface area contributed by atoms with Gasteiger partial charge in [0.1, 0.15) is 18.2 Å². The molecule has 7 heteroatoms. The zero-order chi connectivity index (χ0) is 20.6. The van der Waals surface area contributed by atoms with Gasteiger partial charge >= 0.3 is 12.1 Å². The number of carbonyl (C=O) groups is 3. The third-order valence-electron chi connectivity index (χ3n) is 4.34. The molecule has 0 N–H and O–H groups in total. The highest BCUT2D eigenvalue weighted by Gasteiger charge is 2.44. The van der Waals surface area contributed by atoms with Gasteiger partial charge in [-0.15, -0.1) is 13.2 Å². The van der Waals surface area contributed by atoms with Crippen LogP contribution >= 0.6 is 0 Å².